The highest BCUT2D eigenvalue weighted by atomic mass is 19.1. The normalized spacial score (nSPS) is 13.6. The number of H-pyrrole nitrogens is 1. The Kier molecular flexibility index (Phi) is 4.46. The van der Waals surface area contributed by atoms with Gasteiger partial charge >= 0.3 is 5.97 Å². The number of rotatable bonds is 5. The fourth-order valence-corrected chi connectivity index (χ4v) is 4.14. The zero-order valence-electron chi connectivity index (χ0n) is 16.4. The van der Waals surface area contributed by atoms with Crippen molar-refractivity contribution in [3.05, 3.63) is 93.5 Å². The molecule has 0 atom stereocenters. The van der Waals surface area contributed by atoms with E-state index in [4.69, 9.17) is 0 Å². The van der Waals surface area contributed by atoms with E-state index >= 15 is 0 Å². The van der Waals surface area contributed by atoms with Crippen molar-refractivity contribution in [1.29, 1.82) is 0 Å². The maximum Gasteiger partial charge on any atom is 0.353 e. The SMILES string of the molecule is O=C(O)c1c(-c2ccc[nH]c2=O)c2cc(C3CC3)ccc2n1Cc1ccc(F)cc1F. The molecule has 0 radical (unpaired) electrons. The van der Waals surface area contributed by atoms with Crippen LogP contribution in [0.3, 0.4) is 0 Å². The van der Waals surface area contributed by atoms with Crippen molar-refractivity contribution in [2.24, 2.45) is 0 Å². The fraction of sp³-hybridized carbons (Fsp3) is 0.167. The van der Waals surface area contributed by atoms with Crippen LogP contribution in [0.4, 0.5) is 8.78 Å². The summed E-state index contributed by atoms with van der Waals surface area (Å²) in [6, 6.07) is 12.1. The molecule has 1 fully saturated rings. The lowest BCUT2D eigenvalue weighted by atomic mass is 10.0. The standard InChI is InChI=1S/C24H18F2N2O3/c25-16-7-5-15(19(26)11-16)12-28-20-8-6-14(13-3-4-13)10-18(20)21(22(28)24(30)31)17-2-1-9-27-23(17)29/h1-2,5-11,13H,3-4,12H2,(H,27,29)(H,30,31). The molecule has 0 unspecified atom stereocenters. The van der Waals surface area contributed by atoms with Crippen LogP contribution in [0, 0.1) is 11.6 Å². The van der Waals surface area contributed by atoms with Gasteiger partial charge in [-0.1, -0.05) is 12.1 Å². The molecule has 0 bridgehead atoms. The van der Waals surface area contributed by atoms with E-state index in [9.17, 15) is 23.5 Å². The predicted octanol–water partition coefficient (Wildman–Crippen LogP) is 4.90. The summed E-state index contributed by atoms with van der Waals surface area (Å²) in [7, 11) is 0. The van der Waals surface area contributed by atoms with E-state index < -0.39 is 23.2 Å². The largest absolute Gasteiger partial charge is 0.477 e. The molecule has 5 nitrogen and oxygen atoms in total. The van der Waals surface area contributed by atoms with Gasteiger partial charge in [-0.3, -0.25) is 4.79 Å². The van der Waals surface area contributed by atoms with Gasteiger partial charge in [-0.05, 0) is 54.7 Å². The average Bonchev–Trinajstić information content (AvgIpc) is 3.53. The molecule has 0 saturated heterocycles. The lowest BCUT2D eigenvalue weighted by molar-refractivity contribution is 0.0687. The van der Waals surface area contributed by atoms with Crippen molar-refractivity contribution in [3.8, 4) is 11.1 Å². The molecule has 156 valence electrons. The number of aromatic carboxylic acids is 1. The van der Waals surface area contributed by atoms with Gasteiger partial charge in [0.1, 0.15) is 17.3 Å². The molecule has 4 aromatic rings. The van der Waals surface area contributed by atoms with E-state index in [2.05, 4.69) is 4.98 Å². The van der Waals surface area contributed by atoms with Crippen LogP contribution in [-0.2, 0) is 6.54 Å². The highest BCUT2D eigenvalue weighted by Crippen LogP contribution is 2.43. The lowest BCUT2D eigenvalue weighted by Crippen LogP contribution is -2.14. The number of halogens is 2. The van der Waals surface area contributed by atoms with Gasteiger partial charge in [-0.2, -0.15) is 0 Å². The minimum atomic E-state index is -1.23. The number of pyridine rings is 1. The molecule has 0 spiro atoms. The number of hydrogen-bond acceptors (Lipinski definition) is 2. The minimum Gasteiger partial charge on any atom is -0.477 e. The first-order valence-corrected chi connectivity index (χ1v) is 9.95. The monoisotopic (exact) mass is 420 g/mol. The Morgan fingerprint density at radius 1 is 1.13 bits per heavy atom. The number of aromatic amines is 1. The summed E-state index contributed by atoms with van der Waals surface area (Å²) in [6.45, 7) is -0.113. The molecule has 2 aromatic carbocycles. The maximum absolute atomic E-state index is 14.4. The van der Waals surface area contributed by atoms with E-state index in [0.29, 0.717) is 22.4 Å². The van der Waals surface area contributed by atoms with E-state index in [0.717, 1.165) is 30.5 Å². The summed E-state index contributed by atoms with van der Waals surface area (Å²) in [5.74, 6) is -2.27. The van der Waals surface area contributed by atoms with Gasteiger partial charge in [0.2, 0.25) is 0 Å². The third-order valence-electron chi connectivity index (χ3n) is 5.77. The minimum absolute atomic E-state index is 0.108. The van der Waals surface area contributed by atoms with Gasteiger partial charge in [-0.15, -0.1) is 0 Å². The van der Waals surface area contributed by atoms with Crippen LogP contribution in [0.5, 0.6) is 0 Å². The number of hydrogen-bond donors (Lipinski definition) is 2. The van der Waals surface area contributed by atoms with Gasteiger partial charge in [-0.25, -0.2) is 13.6 Å². The van der Waals surface area contributed by atoms with Crippen molar-refractivity contribution in [2.75, 3.05) is 0 Å². The molecular formula is C24H18F2N2O3. The zero-order valence-corrected chi connectivity index (χ0v) is 16.4. The summed E-state index contributed by atoms with van der Waals surface area (Å²) < 4.78 is 29.2. The number of carboxylic acids is 1. The van der Waals surface area contributed by atoms with Gasteiger partial charge < -0.3 is 14.7 Å². The van der Waals surface area contributed by atoms with Crippen molar-refractivity contribution >= 4 is 16.9 Å². The van der Waals surface area contributed by atoms with Crippen LogP contribution in [0.15, 0.2) is 59.5 Å². The number of carboxylic acid groups (broad SMARTS) is 1. The maximum atomic E-state index is 14.4. The number of nitrogens with one attached hydrogen (secondary N) is 1. The Hall–Kier alpha value is -3.74. The van der Waals surface area contributed by atoms with Crippen molar-refractivity contribution in [3.63, 3.8) is 0 Å². The summed E-state index contributed by atoms with van der Waals surface area (Å²) >= 11 is 0. The average molecular weight is 420 g/mol. The van der Waals surface area contributed by atoms with Crippen molar-refractivity contribution in [2.45, 2.75) is 25.3 Å². The van der Waals surface area contributed by atoms with Gasteiger partial charge in [0, 0.05) is 39.9 Å². The van der Waals surface area contributed by atoms with Crippen LogP contribution in [0.2, 0.25) is 0 Å². The molecule has 1 saturated carbocycles. The number of nitrogens with zero attached hydrogens (tertiary/aromatic N) is 1. The summed E-state index contributed by atoms with van der Waals surface area (Å²) in [5, 5.41) is 10.7. The summed E-state index contributed by atoms with van der Waals surface area (Å²) in [5.41, 5.74) is 1.83. The first kappa shape index (κ1) is 19.2. The van der Waals surface area contributed by atoms with E-state index in [-0.39, 0.29) is 23.4 Å². The molecule has 0 aliphatic heterocycles. The second kappa shape index (κ2) is 7.19. The Bertz CT molecular complexity index is 1400. The van der Waals surface area contributed by atoms with E-state index in [1.54, 1.807) is 12.1 Å². The second-order valence-corrected chi connectivity index (χ2v) is 7.81. The molecule has 0 amide bonds. The molecule has 1 aliphatic carbocycles. The number of aromatic nitrogens is 2. The van der Waals surface area contributed by atoms with Gasteiger partial charge in [0.25, 0.3) is 5.56 Å². The number of fused-ring (bicyclic) bond motifs is 1. The molecule has 31 heavy (non-hydrogen) atoms. The smallest absolute Gasteiger partial charge is 0.353 e. The number of benzene rings is 2. The van der Waals surface area contributed by atoms with Crippen molar-refractivity contribution in [1.82, 2.24) is 9.55 Å². The van der Waals surface area contributed by atoms with Gasteiger partial charge in [0.15, 0.2) is 0 Å². The summed E-state index contributed by atoms with van der Waals surface area (Å²) in [6.07, 6.45) is 3.62. The Morgan fingerprint density at radius 3 is 2.61 bits per heavy atom. The Balaban J connectivity index is 1.82. The van der Waals surface area contributed by atoms with Crippen LogP contribution in [0.25, 0.3) is 22.0 Å². The van der Waals surface area contributed by atoms with Crippen LogP contribution < -0.4 is 5.56 Å². The highest BCUT2D eigenvalue weighted by molar-refractivity contribution is 6.08. The highest BCUT2D eigenvalue weighted by Gasteiger charge is 2.28. The second-order valence-electron chi connectivity index (χ2n) is 7.81. The molecule has 7 heteroatoms. The Morgan fingerprint density at radius 2 is 1.94 bits per heavy atom. The third kappa shape index (κ3) is 3.32. The first-order valence-electron chi connectivity index (χ1n) is 9.95. The topological polar surface area (TPSA) is 75.1 Å². The Labute approximate surface area is 175 Å². The van der Waals surface area contributed by atoms with Gasteiger partial charge in [0.05, 0.1) is 6.54 Å². The predicted molar refractivity (Wildman–Crippen MR) is 112 cm³/mol. The molecular weight excluding hydrogens is 402 g/mol. The van der Waals surface area contributed by atoms with Crippen LogP contribution in [0.1, 0.15) is 40.4 Å². The third-order valence-corrected chi connectivity index (χ3v) is 5.77. The van der Waals surface area contributed by atoms with E-state index in [1.165, 1.54) is 16.8 Å². The summed E-state index contributed by atoms with van der Waals surface area (Å²) in [4.78, 5) is 27.5. The lowest BCUT2D eigenvalue weighted by Gasteiger charge is -2.10. The van der Waals surface area contributed by atoms with Crippen LogP contribution >= 0.6 is 0 Å². The van der Waals surface area contributed by atoms with E-state index in [1.807, 2.05) is 18.2 Å². The van der Waals surface area contributed by atoms with Crippen molar-refractivity contribution < 1.29 is 18.7 Å². The molecule has 2 aromatic heterocycles. The molecule has 1 aliphatic rings. The molecule has 2 N–H and O–H groups in total. The molecule has 2 heterocycles. The zero-order chi connectivity index (χ0) is 21.7. The fourth-order valence-electron chi connectivity index (χ4n) is 4.14. The molecule has 5 rings (SSSR count). The quantitative estimate of drug-likeness (QED) is 0.482. The first-order chi connectivity index (χ1) is 14.9. The van der Waals surface area contributed by atoms with Crippen LogP contribution in [-0.4, -0.2) is 20.6 Å². The number of carbonyl (C=O) groups is 1.